The van der Waals surface area contributed by atoms with Crippen LogP contribution in [0.2, 0.25) is 0 Å². The maximum Gasteiger partial charge on any atom is 0.258 e. The zero-order chi connectivity index (χ0) is 32.6. The van der Waals surface area contributed by atoms with Crippen LogP contribution < -0.4 is 0 Å². The van der Waals surface area contributed by atoms with Crippen LogP contribution in [0.1, 0.15) is 27.8 Å². The lowest BCUT2D eigenvalue weighted by atomic mass is 9.98. The van der Waals surface area contributed by atoms with Gasteiger partial charge in [-0.15, -0.1) is 0 Å². The first kappa shape index (κ1) is 33.1. The second-order valence-electron chi connectivity index (χ2n) is 11.6. The molecule has 1 saturated heterocycles. The van der Waals surface area contributed by atoms with E-state index >= 15 is 0 Å². The van der Waals surface area contributed by atoms with Crippen molar-refractivity contribution in [2.45, 2.75) is 57.5 Å². The zero-order valence-electron chi connectivity index (χ0n) is 26.9. The van der Waals surface area contributed by atoms with Crippen LogP contribution in [0.3, 0.4) is 0 Å². The summed E-state index contributed by atoms with van der Waals surface area (Å²) in [4.78, 5) is 5.89. The first-order valence-corrected chi connectivity index (χ1v) is 16.3. The second kappa shape index (κ2) is 17.9. The molecule has 5 aromatic rings. The average molecular weight is 644 g/mol. The third kappa shape index (κ3) is 9.86. The molecule has 0 unspecified atom stereocenters. The number of nitrogens with zero attached hydrogens (tertiary/aromatic N) is 1. The first-order chi connectivity index (χ1) is 23.8. The Morgan fingerprint density at radius 1 is 0.438 bits per heavy atom. The van der Waals surface area contributed by atoms with Gasteiger partial charge >= 0.3 is 0 Å². The summed E-state index contributed by atoms with van der Waals surface area (Å²) in [5.41, 5.74) is 5.14. The van der Waals surface area contributed by atoms with E-state index in [9.17, 15) is 0 Å². The molecule has 246 valence electrons. The van der Waals surface area contributed by atoms with Crippen molar-refractivity contribution in [3.63, 3.8) is 0 Å². The van der Waals surface area contributed by atoms with Gasteiger partial charge in [-0.2, -0.15) is 0 Å². The summed E-state index contributed by atoms with van der Waals surface area (Å²) in [5.74, 6) is 0.285. The van der Waals surface area contributed by atoms with Gasteiger partial charge in [0, 0.05) is 0 Å². The first-order valence-electron chi connectivity index (χ1n) is 16.3. The van der Waals surface area contributed by atoms with Gasteiger partial charge < -0.3 is 28.5 Å². The molecule has 1 fully saturated rings. The Labute approximate surface area is 282 Å². The molecule has 1 aliphatic rings. The monoisotopic (exact) mass is 643 g/mol. The molecule has 0 spiro atoms. The van der Waals surface area contributed by atoms with E-state index in [-0.39, 0.29) is 19.1 Å². The maximum absolute atomic E-state index is 6.74. The van der Waals surface area contributed by atoms with Crippen LogP contribution in [0.15, 0.2) is 157 Å². The quantitative estimate of drug-likeness (QED) is 0.102. The smallest absolute Gasteiger partial charge is 0.258 e. The molecule has 0 amide bonds. The lowest BCUT2D eigenvalue weighted by Gasteiger charge is -2.42. The zero-order valence-corrected chi connectivity index (χ0v) is 26.9. The van der Waals surface area contributed by atoms with Crippen molar-refractivity contribution >= 4 is 5.90 Å². The molecule has 5 aromatic carbocycles. The van der Waals surface area contributed by atoms with E-state index in [1.54, 1.807) is 0 Å². The van der Waals surface area contributed by atoms with Gasteiger partial charge in [-0.1, -0.05) is 152 Å². The van der Waals surface area contributed by atoms with Gasteiger partial charge in [0.05, 0.1) is 33.0 Å². The van der Waals surface area contributed by atoms with Gasteiger partial charge in [-0.3, -0.25) is 0 Å². The van der Waals surface area contributed by atoms with E-state index in [1.807, 2.05) is 152 Å². The molecule has 0 bridgehead atoms. The summed E-state index contributed by atoms with van der Waals surface area (Å²) in [7, 11) is 0. The molecule has 7 heteroatoms. The Balaban J connectivity index is 1.30. The van der Waals surface area contributed by atoms with Crippen LogP contribution in [0.4, 0.5) is 0 Å². The Bertz CT molecular complexity index is 1640. The number of hydrogen-bond acceptors (Lipinski definition) is 7. The van der Waals surface area contributed by atoms with E-state index < -0.39 is 24.4 Å². The standard InChI is InChI=1S/C41H41NO6/c1-6-16-32(17-7-1)26-43-31-37-38(44-27-33-18-8-2-9-19-33)39(45-28-34-20-10-3-11-21-34)40(46-29-35-22-12-4-13-23-35)41(48-37)42-47-30-36-24-14-5-15-25-36/h1-25,37-40H,26-31H2/b42-41-/t37-,38-,39-,40+/m0/s1. The summed E-state index contributed by atoms with van der Waals surface area (Å²) in [6, 6.07) is 50.1. The van der Waals surface area contributed by atoms with Crippen LogP contribution in [0, 0.1) is 0 Å². The van der Waals surface area contributed by atoms with Crippen molar-refractivity contribution in [1.29, 1.82) is 0 Å². The van der Waals surface area contributed by atoms with Crippen molar-refractivity contribution in [2.24, 2.45) is 5.16 Å². The Morgan fingerprint density at radius 3 is 1.31 bits per heavy atom. The predicted octanol–water partition coefficient (Wildman–Crippen LogP) is 7.89. The van der Waals surface area contributed by atoms with Crippen molar-refractivity contribution in [2.75, 3.05) is 6.61 Å². The summed E-state index contributed by atoms with van der Waals surface area (Å²) >= 11 is 0. The third-order valence-electron chi connectivity index (χ3n) is 7.97. The van der Waals surface area contributed by atoms with E-state index in [0.29, 0.717) is 26.4 Å². The molecule has 1 aliphatic heterocycles. The molecular formula is C41H41NO6. The minimum Gasteiger partial charge on any atom is -0.468 e. The van der Waals surface area contributed by atoms with Gasteiger partial charge in [0.1, 0.15) is 18.8 Å². The Morgan fingerprint density at radius 2 is 0.833 bits per heavy atom. The van der Waals surface area contributed by atoms with Gasteiger partial charge in [0.15, 0.2) is 12.2 Å². The highest BCUT2D eigenvalue weighted by molar-refractivity contribution is 5.82. The van der Waals surface area contributed by atoms with Crippen molar-refractivity contribution in [3.05, 3.63) is 179 Å². The normalized spacial score (nSPS) is 19.9. The van der Waals surface area contributed by atoms with Crippen molar-refractivity contribution < 1.29 is 28.5 Å². The number of oxime groups is 1. The fourth-order valence-corrected chi connectivity index (χ4v) is 5.47. The van der Waals surface area contributed by atoms with Crippen LogP contribution in [0.25, 0.3) is 0 Å². The summed E-state index contributed by atoms with van der Waals surface area (Å²) in [5, 5.41) is 4.52. The lowest BCUT2D eigenvalue weighted by Crippen LogP contribution is -2.59. The predicted molar refractivity (Wildman–Crippen MR) is 185 cm³/mol. The van der Waals surface area contributed by atoms with Crippen molar-refractivity contribution in [1.82, 2.24) is 0 Å². The summed E-state index contributed by atoms with van der Waals surface area (Å²) < 4.78 is 32.9. The van der Waals surface area contributed by atoms with Crippen LogP contribution in [0.5, 0.6) is 0 Å². The van der Waals surface area contributed by atoms with E-state index in [1.165, 1.54) is 0 Å². The average Bonchev–Trinajstić information content (AvgIpc) is 3.15. The van der Waals surface area contributed by atoms with E-state index in [0.717, 1.165) is 27.8 Å². The highest BCUT2D eigenvalue weighted by Gasteiger charge is 2.48. The molecule has 4 atom stereocenters. The molecule has 0 saturated carbocycles. The molecule has 0 aliphatic carbocycles. The molecule has 48 heavy (non-hydrogen) atoms. The van der Waals surface area contributed by atoms with E-state index in [4.69, 9.17) is 28.5 Å². The summed E-state index contributed by atoms with van der Waals surface area (Å²) in [6.45, 7) is 1.96. The van der Waals surface area contributed by atoms with Crippen molar-refractivity contribution in [3.8, 4) is 0 Å². The second-order valence-corrected chi connectivity index (χ2v) is 11.6. The highest BCUT2D eigenvalue weighted by Crippen LogP contribution is 2.29. The fourth-order valence-electron chi connectivity index (χ4n) is 5.47. The van der Waals surface area contributed by atoms with Crippen LogP contribution in [-0.4, -0.2) is 36.9 Å². The topological polar surface area (TPSA) is 67.7 Å². The molecule has 6 rings (SSSR count). The molecule has 0 N–H and O–H groups in total. The molecular weight excluding hydrogens is 602 g/mol. The maximum atomic E-state index is 6.74. The largest absolute Gasteiger partial charge is 0.468 e. The highest BCUT2D eigenvalue weighted by atomic mass is 16.7. The number of rotatable bonds is 16. The number of hydrogen-bond donors (Lipinski definition) is 0. The van der Waals surface area contributed by atoms with Gasteiger partial charge in [-0.25, -0.2) is 0 Å². The van der Waals surface area contributed by atoms with Gasteiger partial charge in [0.2, 0.25) is 0 Å². The Hall–Kier alpha value is -4.79. The van der Waals surface area contributed by atoms with Gasteiger partial charge in [0.25, 0.3) is 5.90 Å². The molecule has 0 radical (unpaired) electrons. The number of ether oxygens (including phenoxy) is 5. The minimum absolute atomic E-state index is 0.239. The third-order valence-corrected chi connectivity index (χ3v) is 7.97. The minimum atomic E-state index is -0.726. The number of benzene rings is 5. The SMILES string of the molecule is c1ccc(COC[C@@H]2O/C(=N\OCc3ccccc3)[C@H](OCc3ccccc3)[C@@H](OCc3ccccc3)[C@H]2OCc2ccccc2)cc1. The van der Waals surface area contributed by atoms with Gasteiger partial charge in [-0.05, 0) is 33.0 Å². The fraction of sp³-hybridized carbons (Fsp3) is 0.244. The molecule has 0 aromatic heterocycles. The lowest BCUT2D eigenvalue weighted by molar-refractivity contribution is -0.198. The Kier molecular flexibility index (Phi) is 12.4. The molecule has 7 nitrogen and oxygen atoms in total. The summed E-state index contributed by atoms with van der Waals surface area (Å²) in [6.07, 6.45) is -2.45. The van der Waals surface area contributed by atoms with Crippen LogP contribution in [-0.2, 0) is 61.6 Å². The molecule has 1 heterocycles. The van der Waals surface area contributed by atoms with Crippen LogP contribution >= 0.6 is 0 Å². The van der Waals surface area contributed by atoms with E-state index in [2.05, 4.69) is 5.16 Å².